The lowest BCUT2D eigenvalue weighted by Crippen LogP contribution is -2.27. The van der Waals surface area contributed by atoms with Crippen molar-refractivity contribution in [3.8, 4) is 0 Å². The molecule has 0 spiro atoms. The van der Waals surface area contributed by atoms with Gasteiger partial charge in [-0.1, -0.05) is 41.7 Å². The van der Waals surface area contributed by atoms with Crippen LogP contribution in [0.15, 0.2) is 53.1 Å². The van der Waals surface area contributed by atoms with Crippen LogP contribution in [-0.2, 0) is 22.6 Å². The molecule has 0 bridgehead atoms. The van der Waals surface area contributed by atoms with E-state index in [1.807, 2.05) is 36.4 Å². The largest absolute Gasteiger partial charge is 0.467 e. The third kappa shape index (κ3) is 4.22. The fourth-order valence-corrected chi connectivity index (χ4v) is 3.82. The molecule has 138 valence electrons. The molecule has 2 aromatic heterocycles. The van der Waals surface area contributed by atoms with Crippen LogP contribution in [0.5, 0.6) is 0 Å². The van der Waals surface area contributed by atoms with Crippen LogP contribution in [0.1, 0.15) is 22.8 Å². The van der Waals surface area contributed by atoms with Crippen molar-refractivity contribution < 1.29 is 14.0 Å². The van der Waals surface area contributed by atoms with Crippen LogP contribution in [0.25, 0.3) is 0 Å². The van der Waals surface area contributed by atoms with E-state index in [9.17, 15) is 9.59 Å². The Hall–Kier alpha value is -3.00. The maximum atomic E-state index is 12.5. The minimum atomic E-state index is -0.395. The zero-order valence-corrected chi connectivity index (χ0v) is 15.3. The minimum absolute atomic E-state index is 0.0476. The molecule has 1 fully saturated rings. The lowest BCUT2D eigenvalue weighted by atomic mass is 10.1. The van der Waals surface area contributed by atoms with Gasteiger partial charge in [0.25, 0.3) is 0 Å². The van der Waals surface area contributed by atoms with E-state index in [1.165, 1.54) is 11.3 Å². The Labute approximate surface area is 160 Å². The van der Waals surface area contributed by atoms with E-state index in [4.69, 9.17) is 4.42 Å². The Morgan fingerprint density at radius 2 is 2.07 bits per heavy atom. The van der Waals surface area contributed by atoms with Gasteiger partial charge in [0.2, 0.25) is 16.9 Å². The van der Waals surface area contributed by atoms with Crippen molar-refractivity contribution in [1.82, 2.24) is 15.1 Å². The number of amides is 2. The molecule has 1 atom stereocenters. The Morgan fingerprint density at radius 3 is 2.85 bits per heavy atom. The topological polar surface area (TPSA) is 88.3 Å². The maximum Gasteiger partial charge on any atom is 0.231 e. The number of hydrogen-bond acceptors (Lipinski definition) is 6. The fraction of sp³-hybridized carbons (Fsp3) is 0.263. The van der Waals surface area contributed by atoms with Crippen LogP contribution >= 0.6 is 11.3 Å². The van der Waals surface area contributed by atoms with Crippen molar-refractivity contribution >= 4 is 28.3 Å². The van der Waals surface area contributed by atoms with Crippen LogP contribution in [-0.4, -0.2) is 33.5 Å². The second-order valence-electron chi connectivity index (χ2n) is 6.41. The van der Waals surface area contributed by atoms with Gasteiger partial charge in [-0.3, -0.25) is 9.59 Å². The first-order valence-corrected chi connectivity index (χ1v) is 9.46. The zero-order valence-electron chi connectivity index (χ0n) is 14.5. The smallest absolute Gasteiger partial charge is 0.231 e. The highest BCUT2D eigenvalue weighted by Crippen LogP contribution is 2.24. The number of benzene rings is 1. The number of anilines is 1. The number of likely N-dealkylation sites (tertiary alicyclic amines) is 1. The summed E-state index contributed by atoms with van der Waals surface area (Å²) in [7, 11) is 0. The SMILES string of the molecule is O=C(Nc1nnc(Cc2ccccc2)s1)[C@H]1CC(=O)N(Cc2ccco2)C1. The second kappa shape index (κ2) is 7.71. The van der Waals surface area contributed by atoms with Crippen molar-refractivity contribution in [2.24, 2.45) is 5.92 Å². The number of carbonyl (C=O) groups excluding carboxylic acids is 2. The van der Waals surface area contributed by atoms with E-state index in [0.717, 1.165) is 10.6 Å². The van der Waals surface area contributed by atoms with Crippen LogP contribution in [0.3, 0.4) is 0 Å². The van der Waals surface area contributed by atoms with Crippen molar-refractivity contribution in [3.05, 3.63) is 65.1 Å². The van der Waals surface area contributed by atoms with E-state index >= 15 is 0 Å². The van der Waals surface area contributed by atoms with Gasteiger partial charge in [0.05, 0.1) is 18.7 Å². The quantitative estimate of drug-likeness (QED) is 0.708. The molecule has 27 heavy (non-hydrogen) atoms. The highest BCUT2D eigenvalue weighted by molar-refractivity contribution is 7.15. The van der Waals surface area contributed by atoms with Gasteiger partial charge in [0.15, 0.2) is 0 Å². The molecule has 1 aliphatic rings. The highest BCUT2D eigenvalue weighted by atomic mass is 32.1. The molecule has 8 heteroatoms. The third-order valence-corrected chi connectivity index (χ3v) is 5.25. The van der Waals surface area contributed by atoms with Gasteiger partial charge in [0.1, 0.15) is 10.8 Å². The van der Waals surface area contributed by atoms with Gasteiger partial charge in [-0.2, -0.15) is 0 Å². The maximum absolute atomic E-state index is 12.5. The van der Waals surface area contributed by atoms with Crippen molar-refractivity contribution in [2.75, 3.05) is 11.9 Å². The Bertz CT molecular complexity index is 924. The molecule has 3 heterocycles. The van der Waals surface area contributed by atoms with Gasteiger partial charge in [-0.05, 0) is 17.7 Å². The molecule has 7 nitrogen and oxygen atoms in total. The number of carbonyl (C=O) groups is 2. The summed E-state index contributed by atoms with van der Waals surface area (Å²) in [6.45, 7) is 0.761. The Kier molecular flexibility index (Phi) is 4.97. The van der Waals surface area contributed by atoms with E-state index in [1.54, 1.807) is 17.2 Å². The van der Waals surface area contributed by atoms with Crippen molar-refractivity contribution in [1.29, 1.82) is 0 Å². The first-order chi connectivity index (χ1) is 13.2. The zero-order chi connectivity index (χ0) is 18.6. The average molecular weight is 382 g/mol. The van der Waals surface area contributed by atoms with Crippen LogP contribution in [0, 0.1) is 5.92 Å². The molecule has 3 aromatic rings. The lowest BCUT2D eigenvalue weighted by molar-refractivity contribution is -0.128. The molecule has 1 saturated heterocycles. The number of rotatable bonds is 6. The molecule has 4 rings (SSSR count). The minimum Gasteiger partial charge on any atom is -0.467 e. The first kappa shape index (κ1) is 17.4. The predicted octanol–water partition coefficient (Wildman–Crippen LogP) is 2.71. The number of hydrogen-bond donors (Lipinski definition) is 1. The van der Waals surface area contributed by atoms with Gasteiger partial charge in [-0.25, -0.2) is 0 Å². The molecule has 0 radical (unpaired) electrons. The van der Waals surface area contributed by atoms with Crippen LogP contribution in [0.4, 0.5) is 5.13 Å². The van der Waals surface area contributed by atoms with Crippen LogP contribution < -0.4 is 5.32 Å². The van der Waals surface area contributed by atoms with E-state index in [-0.39, 0.29) is 18.2 Å². The van der Waals surface area contributed by atoms with Crippen LogP contribution in [0.2, 0.25) is 0 Å². The normalized spacial score (nSPS) is 16.7. The lowest BCUT2D eigenvalue weighted by Gasteiger charge is -2.14. The molecule has 0 aliphatic carbocycles. The number of furan rings is 1. The molecule has 1 aliphatic heterocycles. The standard InChI is InChI=1S/C19H18N4O3S/c24-17-10-14(11-23(17)12-15-7-4-8-26-15)18(25)20-19-22-21-16(27-19)9-13-5-2-1-3-6-13/h1-8,14H,9-12H2,(H,20,22,25)/t14-/m0/s1. The molecule has 2 amide bonds. The molecule has 1 N–H and O–H groups in total. The first-order valence-electron chi connectivity index (χ1n) is 8.65. The summed E-state index contributed by atoms with van der Waals surface area (Å²) in [6.07, 6.45) is 2.44. The van der Waals surface area contributed by atoms with E-state index in [0.29, 0.717) is 30.4 Å². The third-order valence-electron chi connectivity index (χ3n) is 4.41. The molecule has 0 unspecified atom stereocenters. The van der Waals surface area contributed by atoms with Crippen molar-refractivity contribution in [3.63, 3.8) is 0 Å². The molecule has 1 aromatic carbocycles. The molecular formula is C19H18N4O3S. The number of aromatic nitrogens is 2. The predicted molar refractivity (Wildman–Crippen MR) is 100 cm³/mol. The summed E-state index contributed by atoms with van der Waals surface area (Å²) in [4.78, 5) is 26.3. The molecule has 0 saturated carbocycles. The summed E-state index contributed by atoms with van der Waals surface area (Å²) in [5, 5.41) is 12.3. The monoisotopic (exact) mass is 382 g/mol. The fourth-order valence-electron chi connectivity index (χ4n) is 3.04. The summed E-state index contributed by atoms with van der Waals surface area (Å²) >= 11 is 1.35. The van der Waals surface area contributed by atoms with E-state index in [2.05, 4.69) is 15.5 Å². The highest BCUT2D eigenvalue weighted by Gasteiger charge is 2.35. The van der Waals surface area contributed by atoms with Gasteiger partial charge < -0.3 is 14.6 Å². The molecular weight excluding hydrogens is 364 g/mol. The summed E-state index contributed by atoms with van der Waals surface area (Å²) < 4.78 is 5.28. The van der Waals surface area contributed by atoms with Gasteiger partial charge >= 0.3 is 0 Å². The van der Waals surface area contributed by atoms with E-state index < -0.39 is 5.92 Å². The number of nitrogens with zero attached hydrogens (tertiary/aromatic N) is 3. The number of nitrogens with one attached hydrogen (secondary N) is 1. The van der Waals surface area contributed by atoms with Gasteiger partial charge in [-0.15, -0.1) is 10.2 Å². The van der Waals surface area contributed by atoms with Gasteiger partial charge in [0, 0.05) is 19.4 Å². The average Bonchev–Trinajstić information content (AvgIpc) is 3.40. The summed E-state index contributed by atoms with van der Waals surface area (Å²) in [5.74, 6) is 0.0642. The Morgan fingerprint density at radius 1 is 1.22 bits per heavy atom. The van der Waals surface area contributed by atoms with Crippen molar-refractivity contribution in [2.45, 2.75) is 19.4 Å². The Balaban J connectivity index is 1.33. The summed E-state index contributed by atoms with van der Waals surface area (Å²) in [6, 6.07) is 13.6. The second-order valence-corrected chi connectivity index (χ2v) is 7.47. The summed E-state index contributed by atoms with van der Waals surface area (Å²) in [5.41, 5.74) is 1.14.